The summed E-state index contributed by atoms with van der Waals surface area (Å²) in [5.74, 6) is 0.454. The van der Waals surface area contributed by atoms with Crippen molar-refractivity contribution in [3.05, 3.63) is 29.3 Å². The van der Waals surface area contributed by atoms with Gasteiger partial charge in [-0.15, -0.1) is 11.6 Å². The molecular weight excluding hydrogens is 246 g/mol. The van der Waals surface area contributed by atoms with E-state index in [1.54, 1.807) is 12.1 Å². The van der Waals surface area contributed by atoms with Crippen molar-refractivity contribution >= 4 is 21.6 Å². The SMILES string of the molecule is Cc1ccc(S(=O)(=O)NCCCCl)cc1C. The van der Waals surface area contributed by atoms with Crippen LogP contribution in [-0.2, 0) is 10.0 Å². The summed E-state index contributed by atoms with van der Waals surface area (Å²) in [5, 5.41) is 0. The minimum absolute atomic E-state index is 0.310. The largest absolute Gasteiger partial charge is 0.240 e. The van der Waals surface area contributed by atoms with Gasteiger partial charge >= 0.3 is 0 Å². The number of aryl methyl sites for hydroxylation is 2. The van der Waals surface area contributed by atoms with Gasteiger partial charge in [-0.05, 0) is 43.5 Å². The number of sulfonamides is 1. The predicted octanol–water partition coefficient (Wildman–Crippen LogP) is 2.21. The lowest BCUT2D eigenvalue weighted by Crippen LogP contribution is -2.25. The van der Waals surface area contributed by atoms with Gasteiger partial charge in [0.05, 0.1) is 4.90 Å². The highest BCUT2D eigenvalue weighted by Crippen LogP contribution is 2.14. The summed E-state index contributed by atoms with van der Waals surface area (Å²) >= 11 is 5.49. The van der Waals surface area contributed by atoms with E-state index in [1.807, 2.05) is 19.9 Å². The van der Waals surface area contributed by atoms with Gasteiger partial charge in [-0.25, -0.2) is 13.1 Å². The van der Waals surface area contributed by atoms with E-state index in [0.29, 0.717) is 23.7 Å². The first-order valence-electron chi connectivity index (χ1n) is 5.10. The maximum absolute atomic E-state index is 11.8. The highest BCUT2D eigenvalue weighted by Gasteiger charge is 2.13. The molecule has 0 saturated carbocycles. The lowest BCUT2D eigenvalue weighted by molar-refractivity contribution is 0.581. The molecule has 0 heterocycles. The fourth-order valence-corrected chi connectivity index (χ4v) is 2.53. The molecule has 5 heteroatoms. The van der Waals surface area contributed by atoms with E-state index in [1.165, 1.54) is 0 Å². The summed E-state index contributed by atoms with van der Waals surface area (Å²) in [6.07, 6.45) is 0.631. The maximum atomic E-state index is 11.8. The van der Waals surface area contributed by atoms with Gasteiger partial charge in [-0.2, -0.15) is 0 Å². The number of hydrogen-bond acceptors (Lipinski definition) is 2. The van der Waals surface area contributed by atoms with Crippen LogP contribution in [0.4, 0.5) is 0 Å². The zero-order valence-corrected chi connectivity index (χ0v) is 11.0. The second-order valence-electron chi connectivity index (χ2n) is 3.69. The molecule has 1 rings (SSSR count). The van der Waals surface area contributed by atoms with E-state index in [2.05, 4.69) is 4.72 Å². The summed E-state index contributed by atoms with van der Waals surface area (Å²) < 4.78 is 26.1. The van der Waals surface area contributed by atoms with Gasteiger partial charge in [0.25, 0.3) is 0 Å². The van der Waals surface area contributed by atoms with Crippen LogP contribution < -0.4 is 4.72 Å². The van der Waals surface area contributed by atoms with Crippen molar-refractivity contribution in [3.8, 4) is 0 Å². The first-order chi connectivity index (χ1) is 7.47. The molecular formula is C11H16ClNO2S. The van der Waals surface area contributed by atoms with Gasteiger partial charge < -0.3 is 0 Å². The van der Waals surface area contributed by atoms with Crippen molar-refractivity contribution in [1.82, 2.24) is 4.72 Å². The van der Waals surface area contributed by atoms with Crippen LogP contribution in [0.1, 0.15) is 17.5 Å². The Hall–Kier alpha value is -0.580. The fourth-order valence-electron chi connectivity index (χ4n) is 1.24. The highest BCUT2D eigenvalue weighted by molar-refractivity contribution is 7.89. The molecule has 0 bridgehead atoms. The Bertz CT molecular complexity index is 457. The van der Waals surface area contributed by atoms with Gasteiger partial charge in [-0.1, -0.05) is 6.07 Å². The first-order valence-corrected chi connectivity index (χ1v) is 7.12. The van der Waals surface area contributed by atoms with Crippen LogP contribution in [0.3, 0.4) is 0 Å². The fraction of sp³-hybridized carbons (Fsp3) is 0.455. The maximum Gasteiger partial charge on any atom is 0.240 e. The number of hydrogen-bond donors (Lipinski definition) is 1. The van der Waals surface area contributed by atoms with E-state index >= 15 is 0 Å². The summed E-state index contributed by atoms with van der Waals surface area (Å²) in [6, 6.07) is 5.11. The predicted molar refractivity (Wildman–Crippen MR) is 66.4 cm³/mol. The van der Waals surface area contributed by atoms with Crippen LogP contribution in [0.2, 0.25) is 0 Å². The van der Waals surface area contributed by atoms with Crippen LogP contribution in [-0.4, -0.2) is 20.8 Å². The average Bonchev–Trinajstić information content (AvgIpc) is 2.22. The number of alkyl halides is 1. The Labute approximate surface area is 102 Å². The monoisotopic (exact) mass is 261 g/mol. The van der Waals surface area contributed by atoms with Crippen molar-refractivity contribution in [2.45, 2.75) is 25.2 Å². The van der Waals surface area contributed by atoms with Crippen molar-refractivity contribution in [2.24, 2.45) is 0 Å². The number of rotatable bonds is 5. The van der Waals surface area contributed by atoms with E-state index in [0.717, 1.165) is 11.1 Å². The molecule has 0 unspecified atom stereocenters. The molecule has 16 heavy (non-hydrogen) atoms. The molecule has 0 atom stereocenters. The van der Waals surface area contributed by atoms with E-state index in [9.17, 15) is 8.42 Å². The molecule has 0 amide bonds. The second-order valence-corrected chi connectivity index (χ2v) is 5.83. The standard InChI is InChI=1S/C11H16ClNO2S/c1-9-4-5-11(8-10(9)2)16(14,15)13-7-3-6-12/h4-5,8,13H,3,6-7H2,1-2H3. The summed E-state index contributed by atoms with van der Waals surface area (Å²) in [7, 11) is -3.38. The Morgan fingerprint density at radius 1 is 1.25 bits per heavy atom. The smallest absolute Gasteiger partial charge is 0.211 e. The molecule has 90 valence electrons. The summed E-state index contributed by atoms with van der Waals surface area (Å²) in [5.41, 5.74) is 2.06. The van der Waals surface area contributed by atoms with Crippen molar-refractivity contribution in [1.29, 1.82) is 0 Å². The molecule has 0 aromatic heterocycles. The van der Waals surface area contributed by atoms with E-state index in [-0.39, 0.29) is 0 Å². The van der Waals surface area contributed by atoms with Gasteiger partial charge in [0.1, 0.15) is 0 Å². The molecule has 0 radical (unpaired) electrons. The molecule has 1 aromatic rings. The third-order valence-corrected chi connectivity index (χ3v) is 4.12. The third-order valence-electron chi connectivity index (χ3n) is 2.39. The van der Waals surface area contributed by atoms with Crippen molar-refractivity contribution < 1.29 is 8.42 Å². The lowest BCUT2D eigenvalue weighted by Gasteiger charge is -2.07. The normalized spacial score (nSPS) is 11.7. The van der Waals surface area contributed by atoms with Crippen LogP contribution >= 0.6 is 11.6 Å². The van der Waals surface area contributed by atoms with Gasteiger partial charge in [0.2, 0.25) is 10.0 Å². The van der Waals surface area contributed by atoms with Gasteiger partial charge in [0, 0.05) is 12.4 Å². The van der Waals surface area contributed by atoms with Crippen molar-refractivity contribution in [2.75, 3.05) is 12.4 Å². The summed E-state index contributed by atoms with van der Waals surface area (Å²) in [6.45, 7) is 4.22. The number of halogens is 1. The molecule has 0 spiro atoms. The Kier molecular flexibility index (Phi) is 4.77. The lowest BCUT2D eigenvalue weighted by atomic mass is 10.1. The molecule has 0 aliphatic rings. The molecule has 0 aliphatic carbocycles. The topological polar surface area (TPSA) is 46.2 Å². The Morgan fingerprint density at radius 3 is 2.50 bits per heavy atom. The zero-order valence-electron chi connectivity index (χ0n) is 9.46. The van der Waals surface area contributed by atoms with Gasteiger partial charge in [0.15, 0.2) is 0 Å². The van der Waals surface area contributed by atoms with E-state index < -0.39 is 10.0 Å². The Morgan fingerprint density at radius 2 is 1.94 bits per heavy atom. The van der Waals surface area contributed by atoms with Crippen LogP contribution in [0.15, 0.2) is 23.1 Å². The van der Waals surface area contributed by atoms with Crippen LogP contribution in [0, 0.1) is 13.8 Å². The number of benzene rings is 1. The summed E-state index contributed by atoms with van der Waals surface area (Å²) in [4.78, 5) is 0.310. The van der Waals surface area contributed by atoms with Crippen LogP contribution in [0.5, 0.6) is 0 Å². The molecule has 1 aromatic carbocycles. The van der Waals surface area contributed by atoms with E-state index in [4.69, 9.17) is 11.6 Å². The van der Waals surface area contributed by atoms with Crippen molar-refractivity contribution in [3.63, 3.8) is 0 Å². The molecule has 3 nitrogen and oxygen atoms in total. The molecule has 0 saturated heterocycles. The first kappa shape index (κ1) is 13.5. The minimum Gasteiger partial charge on any atom is -0.211 e. The second kappa shape index (κ2) is 5.66. The third kappa shape index (κ3) is 3.47. The highest BCUT2D eigenvalue weighted by atomic mass is 35.5. The van der Waals surface area contributed by atoms with Crippen LogP contribution in [0.25, 0.3) is 0 Å². The molecule has 1 N–H and O–H groups in total. The average molecular weight is 262 g/mol. The molecule has 0 aliphatic heterocycles. The minimum atomic E-state index is -3.38. The van der Waals surface area contributed by atoms with Gasteiger partial charge in [-0.3, -0.25) is 0 Å². The molecule has 0 fully saturated rings. The Balaban J connectivity index is 2.86. The zero-order chi connectivity index (χ0) is 12.2. The number of nitrogens with one attached hydrogen (secondary N) is 1. The quantitative estimate of drug-likeness (QED) is 0.653.